The first-order chi connectivity index (χ1) is 11.7. The second-order valence-electron chi connectivity index (χ2n) is 5.26. The monoisotopic (exact) mass is 448 g/mol. The van der Waals surface area contributed by atoms with Gasteiger partial charge in [-0.3, -0.25) is 9.52 Å². The lowest BCUT2D eigenvalue weighted by Crippen LogP contribution is -2.34. The van der Waals surface area contributed by atoms with Crippen LogP contribution in [-0.4, -0.2) is 20.4 Å². The lowest BCUT2D eigenvalue weighted by Gasteiger charge is -2.24. The van der Waals surface area contributed by atoms with Crippen LogP contribution in [0.1, 0.15) is 6.92 Å². The Hall–Kier alpha value is -1.84. The van der Waals surface area contributed by atoms with E-state index in [-0.39, 0.29) is 31.7 Å². The summed E-state index contributed by atoms with van der Waals surface area (Å²) in [5.74, 6) is -0.687. The van der Waals surface area contributed by atoms with Crippen LogP contribution in [0.4, 0.5) is 15.8 Å². The fourth-order valence-corrected chi connectivity index (χ4v) is 4.59. The Bertz CT molecular complexity index is 984. The van der Waals surface area contributed by atoms with Gasteiger partial charge in [-0.25, -0.2) is 12.8 Å². The van der Waals surface area contributed by atoms with E-state index < -0.39 is 21.9 Å². The number of hydrogen-bond donors (Lipinski definition) is 2. The summed E-state index contributed by atoms with van der Waals surface area (Å²) in [6.07, 6.45) is -0.747. The standard InChI is InChI=1S/C15H11BrClFN2O4S/c1-7-15(21)19-12-5-9(16)14(6-13(12)24-7)25(22,23)20-11-3-2-8(18)4-10(11)17/h2-7,20H,1H3,(H,19,21). The van der Waals surface area contributed by atoms with Crippen molar-refractivity contribution in [1.82, 2.24) is 0 Å². The van der Waals surface area contributed by atoms with Gasteiger partial charge in [-0.05, 0) is 47.1 Å². The van der Waals surface area contributed by atoms with E-state index in [1.807, 2.05) is 0 Å². The SMILES string of the molecule is CC1Oc2cc(S(=O)(=O)Nc3ccc(F)cc3Cl)c(Br)cc2NC1=O. The van der Waals surface area contributed by atoms with Crippen LogP contribution < -0.4 is 14.8 Å². The number of anilines is 2. The number of halogens is 3. The van der Waals surface area contributed by atoms with Crippen LogP contribution in [0.3, 0.4) is 0 Å². The van der Waals surface area contributed by atoms with Gasteiger partial charge < -0.3 is 10.1 Å². The van der Waals surface area contributed by atoms with Crippen molar-refractivity contribution in [2.45, 2.75) is 17.9 Å². The van der Waals surface area contributed by atoms with Crippen LogP contribution >= 0.6 is 27.5 Å². The van der Waals surface area contributed by atoms with Crippen molar-refractivity contribution in [2.24, 2.45) is 0 Å². The Labute approximate surface area is 156 Å². The molecular formula is C15H11BrClFN2O4S. The summed E-state index contributed by atoms with van der Waals surface area (Å²) in [6, 6.07) is 6.03. The molecule has 0 spiro atoms. The molecule has 1 aliphatic heterocycles. The van der Waals surface area contributed by atoms with Crippen molar-refractivity contribution in [1.29, 1.82) is 0 Å². The summed E-state index contributed by atoms with van der Waals surface area (Å²) in [7, 11) is -4.04. The first kappa shape index (κ1) is 18.0. The van der Waals surface area contributed by atoms with Crippen LogP contribution in [0.5, 0.6) is 5.75 Å². The van der Waals surface area contributed by atoms with Crippen LogP contribution in [0.15, 0.2) is 39.7 Å². The Kier molecular flexibility index (Phi) is 4.65. The summed E-state index contributed by atoms with van der Waals surface area (Å²) in [5.41, 5.74) is 0.393. The molecule has 10 heteroatoms. The van der Waals surface area contributed by atoms with Gasteiger partial charge in [0.15, 0.2) is 6.10 Å². The number of rotatable bonds is 3. The van der Waals surface area contributed by atoms with E-state index in [9.17, 15) is 17.6 Å². The number of amides is 1. The summed E-state index contributed by atoms with van der Waals surface area (Å²) < 4.78 is 46.4. The minimum Gasteiger partial charge on any atom is -0.479 e. The molecule has 1 atom stereocenters. The van der Waals surface area contributed by atoms with Crippen molar-refractivity contribution in [3.05, 3.63) is 45.6 Å². The predicted molar refractivity (Wildman–Crippen MR) is 95.1 cm³/mol. The maximum atomic E-state index is 13.1. The smallest absolute Gasteiger partial charge is 0.265 e. The first-order valence-corrected chi connectivity index (χ1v) is 9.62. The van der Waals surface area contributed by atoms with E-state index in [0.717, 1.165) is 12.1 Å². The maximum absolute atomic E-state index is 13.1. The number of benzene rings is 2. The fourth-order valence-electron chi connectivity index (χ4n) is 2.19. The Morgan fingerprint density at radius 3 is 2.72 bits per heavy atom. The van der Waals surface area contributed by atoms with Gasteiger partial charge in [-0.1, -0.05) is 11.6 Å². The second kappa shape index (κ2) is 6.47. The van der Waals surface area contributed by atoms with Crippen molar-refractivity contribution in [3.8, 4) is 5.75 Å². The van der Waals surface area contributed by atoms with Crippen LogP contribution in [0, 0.1) is 5.82 Å². The zero-order valence-corrected chi connectivity index (χ0v) is 15.8. The van der Waals surface area contributed by atoms with Crippen LogP contribution in [0.25, 0.3) is 0 Å². The van der Waals surface area contributed by atoms with Gasteiger partial charge in [0.1, 0.15) is 16.5 Å². The largest absolute Gasteiger partial charge is 0.479 e. The molecule has 132 valence electrons. The van der Waals surface area contributed by atoms with Gasteiger partial charge >= 0.3 is 0 Å². The summed E-state index contributed by atoms with van der Waals surface area (Å²) >= 11 is 9.03. The number of carbonyl (C=O) groups is 1. The molecule has 1 unspecified atom stereocenters. The Balaban J connectivity index is 2.00. The van der Waals surface area contributed by atoms with E-state index >= 15 is 0 Å². The molecule has 6 nitrogen and oxygen atoms in total. The molecule has 2 aromatic carbocycles. The molecule has 0 fully saturated rings. The minimum atomic E-state index is -4.04. The molecule has 0 aliphatic carbocycles. The van der Waals surface area contributed by atoms with E-state index in [4.69, 9.17) is 16.3 Å². The molecule has 1 aliphatic rings. The van der Waals surface area contributed by atoms with Crippen molar-refractivity contribution >= 4 is 54.8 Å². The molecule has 1 heterocycles. The average molecular weight is 450 g/mol. The third-order valence-corrected chi connectivity index (χ3v) is 6.07. The lowest BCUT2D eigenvalue weighted by molar-refractivity contribution is -0.122. The summed E-state index contributed by atoms with van der Waals surface area (Å²) in [4.78, 5) is 11.5. The fraction of sp³-hybridized carbons (Fsp3) is 0.133. The number of fused-ring (bicyclic) bond motifs is 1. The molecule has 0 radical (unpaired) electrons. The maximum Gasteiger partial charge on any atom is 0.265 e. The number of sulfonamides is 1. The van der Waals surface area contributed by atoms with Gasteiger partial charge in [0.05, 0.1) is 16.4 Å². The third kappa shape index (κ3) is 3.58. The lowest BCUT2D eigenvalue weighted by atomic mass is 10.2. The van der Waals surface area contributed by atoms with Gasteiger partial charge in [0, 0.05) is 10.5 Å². The molecule has 2 aromatic rings. The normalized spacial score (nSPS) is 16.6. The Morgan fingerprint density at radius 2 is 2.04 bits per heavy atom. The minimum absolute atomic E-state index is 0.0373. The first-order valence-electron chi connectivity index (χ1n) is 6.96. The highest BCUT2D eigenvalue weighted by Crippen LogP contribution is 2.38. The van der Waals surface area contributed by atoms with Crippen molar-refractivity contribution in [3.63, 3.8) is 0 Å². The molecule has 25 heavy (non-hydrogen) atoms. The van der Waals surface area contributed by atoms with E-state index in [1.165, 1.54) is 18.2 Å². The highest BCUT2D eigenvalue weighted by molar-refractivity contribution is 9.10. The van der Waals surface area contributed by atoms with Crippen molar-refractivity contribution < 1.29 is 22.3 Å². The van der Waals surface area contributed by atoms with Gasteiger partial charge in [0.25, 0.3) is 15.9 Å². The van der Waals surface area contributed by atoms with Crippen molar-refractivity contribution in [2.75, 3.05) is 10.0 Å². The van der Waals surface area contributed by atoms with E-state index in [1.54, 1.807) is 6.92 Å². The molecule has 0 saturated carbocycles. The third-order valence-electron chi connectivity index (χ3n) is 3.43. The second-order valence-corrected chi connectivity index (χ2v) is 8.17. The highest BCUT2D eigenvalue weighted by atomic mass is 79.9. The Morgan fingerprint density at radius 1 is 1.32 bits per heavy atom. The topological polar surface area (TPSA) is 84.5 Å². The summed E-state index contributed by atoms with van der Waals surface area (Å²) in [5, 5.41) is 2.55. The number of hydrogen-bond acceptors (Lipinski definition) is 4. The average Bonchev–Trinajstić information content (AvgIpc) is 2.51. The van der Waals surface area contributed by atoms with Gasteiger partial charge in [-0.15, -0.1) is 0 Å². The molecular weight excluding hydrogens is 439 g/mol. The van der Waals surface area contributed by atoms with E-state index in [0.29, 0.717) is 5.69 Å². The van der Waals surface area contributed by atoms with Crippen LogP contribution in [-0.2, 0) is 14.8 Å². The molecule has 0 saturated heterocycles. The number of nitrogens with one attached hydrogen (secondary N) is 2. The van der Waals surface area contributed by atoms with Gasteiger partial charge in [0.2, 0.25) is 0 Å². The van der Waals surface area contributed by atoms with E-state index in [2.05, 4.69) is 26.0 Å². The zero-order valence-electron chi connectivity index (χ0n) is 12.6. The van der Waals surface area contributed by atoms with Gasteiger partial charge in [-0.2, -0.15) is 0 Å². The molecule has 3 rings (SSSR count). The summed E-state index contributed by atoms with van der Waals surface area (Å²) in [6.45, 7) is 1.55. The number of ether oxygens (including phenoxy) is 1. The molecule has 1 amide bonds. The molecule has 0 bridgehead atoms. The highest BCUT2D eigenvalue weighted by Gasteiger charge is 2.28. The van der Waals surface area contributed by atoms with Crippen LogP contribution in [0.2, 0.25) is 5.02 Å². The number of carbonyl (C=O) groups excluding carboxylic acids is 1. The molecule has 0 aromatic heterocycles. The zero-order chi connectivity index (χ0) is 18.4. The predicted octanol–water partition coefficient (Wildman–Crippen LogP) is 3.76. The molecule has 2 N–H and O–H groups in total. The quantitative estimate of drug-likeness (QED) is 0.747.